The van der Waals surface area contributed by atoms with Gasteiger partial charge in [-0.05, 0) is 6.42 Å². The predicted octanol–water partition coefficient (Wildman–Crippen LogP) is 1.70. The molecule has 0 aliphatic rings. The van der Waals surface area contributed by atoms with E-state index in [4.69, 9.17) is 9.47 Å². The summed E-state index contributed by atoms with van der Waals surface area (Å²) in [5.74, 6) is -0.383. The van der Waals surface area contributed by atoms with E-state index in [-0.39, 0.29) is 12.6 Å². The Kier molecular flexibility index (Phi) is 6.92. The average Bonchev–Trinajstić information content (AvgIpc) is 2.14. The SMILES string of the molecule is C=CCOCC(=C)C(=O)OCCC. The molecule has 0 amide bonds. The molecule has 0 heterocycles. The Morgan fingerprint density at radius 1 is 1.54 bits per heavy atom. The Balaban J connectivity index is 3.57. The predicted molar refractivity (Wildman–Crippen MR) is 51.4 cm³/mol. The summed E-state index contributed by atoms with van der Waals surface area (Å²) in [6.07, 6.45) is 2.43. The first-order valence-corrected chi connectivity index (χ1v) is 4.25. The maximum atomic E-state index is 11.1. The Morgan fingerprint density at radius 3 is 2.77 bits per heavy atom. The molecular weight excluding hydrogens is 168 g/mol. The fraction of sp³-hybridized carbons (Fsp3) is 0.500. The number of hydrogen-bond acceptors (Lipinski definition) is 3. The highest BCUT2D eigenvalue weighted by Gasteiger charge is 2.06. The summed E-state index contributed by atoms with van der Waals surface area (Å²) in [4.78, 5) is 11.1. The van der Waals surface area contributed by atoms with Crippen molar-refractivity contribution in [1.29, 1.82) is 0 Å². The molecule has 0 N–H and O–H groups in total. The number of carbonyl (C=O) groups is 1. The first-order chi connectivity index (χ1) is 6.22. The third-order valence-electron chi connectivity index (χ3n) is 1.24. The Morgan fingerprint density at radius 2 is 2.23 bits per heavy atom. The molecule has 0 fully saturated rings. The molecule has 13 heavy (non-hydrogen) atoms. The summed E-state index contributed by atoms with van der Waals surface area (Å²) in [6.45, 7) is 10.0. The van der Waals surface area contributed by atoms with E-state index in [1.807, 2.05) is 6.92 Å². The smallest absolute Gasteiger partial charge is 0.335 e. The van der Waals surface area contributed by atoms with Crippen LogP contribution in [0.2, 0.25) is 0 Å². The van der Waals surface area contributed by atoms with Gasteiger partial charge in [0.15, 0.2) is 0 Å². The van der Waals surface area contributed by atoms with Gasteiger partial charge in [-0.1, -0.05) is 19.6 Å². The molecule has 0 saturated heterocycles. The average molecular weight is 184 g/mol. The molecule has 0 aliphatic heterocycles. The molecule has 74 valence electrons. The number of hydrogen-bond donors (Lipinski definition) is 0. The maximum absolute atomic E-state index is 11.1. The molecule has 0 aromatic rings. The van der Waals surface area contributed by atoms with Crippen LogP contribution in [0.4, 0.5) is 0 Å². The number of ether oxygens (including phenoxy) is 2. The highest BCUT2D eigenvalue weighted by atomic mass is 16.5. The quantitative estimate of drug-likeness (QED) is 0.261. The van der Waals surface area contributed by atoms with Crippen LogP contribution in [0, 0.1) is 0 Å². The molecule has 0 bridgehead atoms. The highest BCUT2D eigenvalue weighted by Crippen LogP contribution is 1.96. The summed E-state index contributed by atoms with van der Waals surface area (Å²) in [6, 6.07) is 0. The number of rotatable bonds is 7. The minimum Gasteiger partial charge on any atom is -0.462 e. The van der Waals surface area contributed by atoms with Gasteiger partial charge in [-0.2, -0.15) is 0 Å². The summed E-state index contributed by atoms with van der Waals surface area (Å²) in [7, 11) is 0. The van der Waals surface area contributed by atoms with Crippen LogP contribution in [-0.2, 0) is 14.3 Å². The van der Waals surface area contributed by atoms with Crippen molar-refractivity contribution in [3.63, 3.8) is 0 Å². The van der Waals surface area contributed by atoms with Gasteiger partial charge >= 0.3 is 5.97 Å². The van der Waals surface area contributed by atoms with Gasteiger partial charge < -0.3 is 9.47 Å². The van der Waals surface area contributed by atoms with Crippen LogP contribution >= 0.6 is 0 Å². The second kappa shape index (κ2) is 7.55. The summed E-state index contributed by atoms with van der Waals surface area (Å²) < 4.78 is 9.87. The zero-order valence-corrected chi connectivity index (χ0v) is 8.04. The molecule has 3 heteroatoms. The van der Waals surface area contributed by atoms with Crippen molar-refractivity contribution in [3.8, 4) is 0 Å². The van der Waals surface area contributed by atoms with Gasteiger partial charge in [-0.25, -0.2) is 4.79 Å². The van der Waals surface area contributed by atoms with E-state index in [9.17, 15) is 4.79 Å². The third-order valence-corrected chi connectivity index (χ3v) is 1.24. The lowest BCUT2D eigenvalue weighted by Crippen LogP contribution is -2.12. The summed E-state index contributed by atoms with van der Waals surface area (Å²) in [5.41, 5.74) is 0.343. The van der Waals surface area contributed by atoms with Crippen LogP contribution in [-0.4, -0.2) is 25.8 Å². The van der Waals surface area contributed by atoms with Gasteiger partial charge in [0.05, 0.1) is 25.4 Å². The first-order valence-electron chi connectivity index (χ1n) is 4.25. The maximum Gasteiger partial charge on any atom is 0.335 e. The van der Waals surface area contributed by atoms with E-state index < -0.39 is 0 Å². The van der Waals surface area contributed by atoms with Crippen molar-refractivity contribution in [3.05, 3.63) is 24.8 Å². The molecule has 0 spiro atoms. The topological polar surface area (TPSA) is 35.5 Å². The van der Waals surface area contributed by atoms with Crippen LogP contribution in [0.1, 0.15) is 13.3 Å². The van der Waals surface area contributed by atoms with Crippen LogP contribution in [0.3, 0.4) is 0 Å². The van der Waals surface area contributed by atoms with E-state index in [1.165, 1.54) is 0 Å². The molecule has 3 nitrogen and oxygen atoms in total. The van der Waals surface area contributed by atoms with Gasteiger partial charge in [-0.15, -0.1) is 6.58 Å². The van der Waals surface area contributed by atoms with Crippen molar-refractivity contribution in [2.45, 2.75) is 13.3 Å². The number of carbonyl (C=O) groups excluding carboxylic acids is 1. The molecule has 0 rings (SSSR count). The van der Waals surface area contributed by atoms with E-state index in [0.717, 1.165) is 6.42 Å². The second-order valence-electron chi connectivity index (χ2n) is 2.54. The largest absolute Gasteiger partial charge is 0.462 e. The lowest BCUT2D eigenvalue weighted by molar-refractivity contribution is -0.139. The van der Waals surface area contributed by atoms with E-state index in [0.29, 0.717) is 18.8 Å². The molecular formula is C10H16O3. The van der Waals surface area contributed by atoms with Crippen LogP contribution < -0.4 is 0 Å². The molecule has 0 aromatic heterocycles. The zero-order chi connectivity index (χ0) is 10.1. The van der Waals surface area contributed by atoms with Crippen molar-refractivity contribution >= 4 is 5.97 Å². The normalized spacial score (nSPS) is 9.31. The summed E-state index contributed by atoms with van der Waals surface area (Å²) >= 11 is 0. The van der Waals surface area contributed by atoms with E-state index >= 15 is 0 Å². The minimum atomic E-state index is -0.383. The van der Waals surface area contributed by atoms with Gasteiger partial charge in [0.2, 0.25) is 0 Å². The van der Waals surface area contributed by atoms with E-state index in [1.54, 1.807) is 6.08 Å². The fourth-order valence-electron chi connectivity index (χ4n) is 0.621. The zero-order valence-electron chi connectivity index (χ0n) is 8.04. The van der Waals surface area contributed by atoms with Crippen molar-refractivity contribution in [2.24, 2.45) is 0 Å². The number of esters is 1. The molecule has 0 atom stereocenters. The minimum absolute atomic E-state index is 0.203. The van der Waals surface area contributed by atoms with E-state index in [2.05, 4.69) is 13.2 Å². The summed E-state index contributed by atoms with van der Waals surface area (Å²) in [5, 5.41) is 0. The highest BCUT2D eigenvalue weighted by molar-refractivity contribution is 5.87. The first kappa shape index (κ1) is 11.9. The van der Waals surface area contributed by atoms with Crippen LogP contribution in [0.15, 0.2) is 24.8 Å². The monoisotopic (exact) mass is 184 g/mol. The van der Waals surface area contributed by atoms with Gasteiger partial charge in [0.25, 0.3) is 0 Å². The Hall–Kier alpha value is -1.09. The molecule has 0 radical (unpaired) electrons. The van der Waals surface area contributed by atoms with Crippen LogP contribution in [0.5, 0.6) is 0 Å². The Bertz CT molecular complexity index is 185. The Labute approximate surface area is 79.0 Å². The van der Waals surface area contributed by atoms with Gasteiger partial charge in [0, 0.05) is 0 Å². The molecule has 0 aromatic carbocycles. The standard InChI is InChI=1S/C10H16O3/c1-4-6-12-8-9(3)10(11)13-7-5-2/h4H,1,3,5-8H2,2H3. The molecule has 0 saturated carbocycles. The molecule has 0 aliphatic carbocycles. The third kappa shape index (κ3) is 6.11. The lowest BCUT2D eigenvalue weighted by atomic mass is 10.3. The van der Waals surface area contributed by atoms with Crippen LogP contribution in [0.25, 0.3) is 0 Å². The lowest BCUT2D eigenvalue weighted by Gasteiger charge is -2.05. The van der Waals surface area contributed by atoms with Crippen molar-refractivity contribution in [1.82, 2.24) is 0 Å². The van der Waals surface area contributed by atoms with Gasteiger partial charge in [0.1, 0.15) is 0 Å². The second-order valence-corrected chi connectivity index (χ2v) is 2.54. The van der Waals surface area contributed by atoms with Crippen molar-refractivity contribution < 1.29 is 14.3 Å². The fourth-order valence-corrected chi connectivity index (χ4v) is 0.621. The molecule has 0 unspecified atom stereocenters. The van der Waals surface area contributed by atoms with Gasteiger partial charge in [-0.3, -0.25) is 0 Å². The van der Waals surface area contributed by atoms with Crippen molar-refractivity contribution in [2.75, 3.05) is 19.8 Å².